The number of amides is 1. The minimum atomic E-state index is 0. The van der Waals surface area contributed by atoms with Crippen molar-refractivity contribution in [2.24, 2.45) is 0 Å². The van der Waals surface area contributed by atoms with E-state index in [2.05, 4.69) is 17.2 Å². The Morgan fingerprint density at radius 2 is 2.17 bits per heavy atom. The van der Waals surface area contributed by atoms with Crippen molar-refractivity contribution in [1.29, 1.82) is 0 Å². The molecule has 0 spiro atoms. The zero-order chi connectivity index (χ0) is 11.5. The summed E-state index contributed by atoms with van der Waals surface area (Å²) in [7, 11) is 0. The Bertz CT molecular complexity index is 401. The molecule has 0 aromatic carbocycles. The van der Waals surface area contributed by atoms with Gasteiger partial charge in [-0.15, -0.1) is 24.8 Å². The molecule has 18 heavy (non-hydrogen) atoms. The number of nitrogens with zero attached hydrogens (tertiary/aromatic N) is 2. The Labute approximate surface area is 120 Å². The Kier molecular flexibility index (Phi) is 7.21. The van der Waals surface area contributed by atoms with E-state index >= 15 is 0 Å². The number of pyridine rings is 1. The van der Waals surface area contributed by atoms with Crippen molar-refractivity contribution >= 4 is 30.7 Å². The van der Waals surface area contributed by atoms with Crippen molar-refractivity contribution in [2.75, 3.05) is 19.6 Å². The SMILES string of the molecule is Cc1cccc(C(=O)N2CCNCC2C)n1.Cl.Cl. The smallest absolute Gasteiger partial charge is 0.272 e. The molecule has 0 aliphatic carbocycles. The third-order valence-corrected chi connectivity index (χ3v) is 2.87. The molecule has 1 aliphatic heterocycles. The standard InChI is InChI=1S/C12H17N3O.2ClH/c1-9-4-3-5-11(14-9)12(16)15-7-6-13-8-10(15)2;;/h3-5,10,13H,6-8H2,1-2H3;2*1H. The number of hydrogen-bond donors (Lipinski definition) is 1. The van der Waals surface area contributed by atoms with Crippen LogP contribution in [0.3, 0.4) is 0 Å². The maximum absolute atomic E-state index is 12.2. The van der Waals surface area contributed by atoms with Crippen molar-refractivity contribution in [3.63, 3.8) is 0 Å². The summed E-state index contributed by atoms with van der Waals surface area (Å²) in [6, 6.07) is 5.80. The second-order valence-corrected chi connectivity index (χ2v) is 4.22. The zero-order valence-electron chi connectivity index (χ0n) is 10.5. The number of aromatic nitrogens is 1. The fourth-order valence-electron chi connectivity index (χ4n) is 1.95. The van der Waals surface area contributed by atoms with Gasteiger partial charge in [-0.3, -0.25) is 4.79 Å². The summed E-state index contributed by atoms with van der Waals surface area (Å²) in [6.45, 7) is 6.44. The maximum Gasteiger partial charge on any atom is 0.272 e. The van der Waals surface area contributed by atoms with Crippen LogP contribution in [0.4, 0.5) is 0 Å². The van der Waals surface area contributed by atoms with Gasteiger partial charge in [0.15, 0.2) is 0 Å². The Balaban J connectivity index is 0.00000144. The third kappa shape index (κ3) is 3.83. The van der Waals surface area contributed by atoms with E-state index in [1.54, 1.807) is 6.07 Å². The lowest BCUT2D eigenvalue weighted by atomic mass is 10.2. The second-order valence-electron chi connectivity index (χ2n) is 4.22. The van der Waals surface area contributed by atoms with Gasteiger partial charge in [-0.1, -0.05) is 6.07 Å². The van der Waals surface area contributed by atoms with Crippen molar-refractivity contribution in [2.45, 2.75) is 19.9 Å². The Hall–Kier alpha value is -0.840. The van der Waals surface area contributed by atoms with Crippen LogP contribution < -0.4 is 5.32 Å². The maximum atomic E-state index is 12.2. The third-order valence-electron chi connectivity index (χ3n) is 2.87. The molecule has 1 N–H and O–H groups in total. The van der Waals surface area contributed by atoms with Gasteiger partial charge < -0.3 is 10.2 Å². The van der Waals surface area contributed by atoms with Crippen LogP contribution in [0.15, 0.2) is 18.2 Å². The minimum absolute atomic E-state index is 0. The number of rotatable bonds is 1. The number of carbonyl (C=O) groups excluding carboxylic acids is 1. The number of carbonyl (C=O) groups is 1. The van der Waals surface area contributed by atoms with E-state index in [0.29, 0.717) is 5.69 Å². The highest BCUT2D eigenvalue weighted by Gasteiger charge is 2.24. The van der Waals surface area contributed by atoms with Crippen LogP contribution in [0.5, 0.6) is 0 Å². The van der Waals surface area contributed by atoms with Crippen LogP contribution >= 0.6 is 24.8 Å². The van der Waals surface area contributed by atoms with Crippen molar-refractivity contribution < 1.29 is 4.79 Å². The van der Waals surface area contributed by atoms with Crippen LogP contribution in [0.1, 0.15) is 23.1 Å². The van der Waals surface area contributed by atoms with Crippen molar-refractivity contribution in [3.8, 4) is 0 Å². The normalized spacial score (nSPS) is 18.6. The topological polar surface area (TPSA) is 45.2 Å². The lowest BCUT2D eigenvalue weighted by Crippen LogP contribution is -2.52. The monoisotopic (exact) mass is 291 g/mol. The van der Waals surface area contributed by atoms with Gasteiger partial charge >= 0.3 is 0 Å². The van der Waals surface area contributed by atoms with E-state index in [0.717, 1.165) is 25.3 Å². The molecule has 1 aromatic heterocycles. The molecule has 4 nitrogen and oxygen atoms in total. The molecule has 0 radical (unpaired) electrons. The van der Waals surface area contributed by atoms with E-state index in [-0.39, 0.29) is 36.8 Å². The van der Waals surface area contributed by atoms with Gasteiger partial charge in [0.05, 0.1) is 0 Å². The van der Waals surface area contributed by atoms with E-state index in [1.165, 1.54) is 0 Å². The molecular weight excluding hydrogens is 273 g/mol. The highest BCUT2D eigenvalue weighted by Crippen LogP contribution is 2.09. The molecule has 6 heteroatoms. The van der Waals surface area contributed by atoms with E-state index in [1.807, 2.05) is 24.0 Å². The summed E-state index contributed by atoms with van der Waals surface area (Å²) in [4.78, 5) is 18.4. The first-order chi connectivity index (χ1) is 7.68. The van der Waals surface area contributed by atoms with Crippen LogP contribution in [-0.2, 0) is 0 Å². The molecular formula is C12H19Cl2N3O. The lowest BCUT2D eigenvalue weighted by molar-refractivity contribution is 0.0649. The fraction of sp³-hybridized carbons (Fsp3) is 0.500. The first-order valence-electron chi connectivity index (χ1n) is 5.64. The number of piperazine rings is 1. The fourth-order valence-corrected chi connectivity index (χ4v) is 1.95. The zero-order valence-corrected chi connectivity index (χ0v) is 12.2. The van der Waals surface area contributed by atoms with Gasteiger partial charge in [0.25, 0.3) is 5.91 Å². The summed E-state index contributed by atoms with van der Waals surface area (Å²) in [6.07, 6.45) is 0. The minimum Gasteiger partial charge on any atom is -0.332 e. The van der Waals surface area contributed by atoms with Gasteiger partial charge in [0.2, 0.25) is 0 Å². The molecule has 0 saturated carbocycles. The van der Waals surface area contributed by atoms with Crippen LogP contribution in [0.2, 0.25) is 0 Å². The highest BCUT2D eigenvalue weighted by atomic mass is 35.5. The molecule has 0 bridgehead atoms. The quantitative estimate of drug-likeness (QED) is 0.856. The molecule has 2 rings (SSSR count). The van der Waals surface area contributed by atoms with Crippen molar-refractivity contribution in [1.82, 2.24) is 15.2 Å². The molecule has 1 unspecified atom stereocenters. The lowest BCUT2D eigenvalue weighted by Gasteiger charge is -2.33. The highest BCUT2D eigenvalue weighted by molar-refractivity contribution is 5.92. The van der Waals surface area contributed by atoms with Gasteiger partial charge in [-0.05, 0) is 26.0 Å². The molecule has 1 amide bonds. The summed E-state index contributed by atoms with van der Waals surface area (Å²) in [5.74, 6) is 0.0395. The van der Waals surface area contributed by atoms with Gasteiger partial charge in [-0.25, -0.2) is 4.98 Å². The predicted octanol–water partition coefficient (Wildman–Crippen LogP) is 1.67. The van der Waals surface area contributed by atoms with E-state index in [4.69, 9.17) is 0 Å². The molecule has 1 atom stereocenters. The van der Waals surface area contributed by atoms with Crippen LogP contribution in [-0.4, -0.2) is 41.5 Å². The van der Waals surface area contributed by atoms with E-state index in [9.17, 15) is 4.79 Å². The number of halogens is 2. The molecule has 102 valence electrons. The largest absolute Gasteiger partial charge is 0.332 e. The predicted molar refractivity (Wildman–Crippen MR) is 76.8 cm³/mol. The summed E-state index contributed by atoms with van der Waals surface area (Å²) in [5.41, 5.74) is 1.43. The summed E-state index contributed by atoms with van der Waals surface area (Å²) < 4.78 is 0. The Morgan fingerprint density at radius 1 is 1.44 bits per heavy atom. The number of aryl methyl sites for hydroxylation is 1. The average Bonchev–Trinajstić information content (AvgIpc) is 2.29. The first kappa shape index (κ1) is 17.2. The van der Waals surface area contributed by atoms with Crippen LogP contribution in [0.25, 0.3) is 0 Å². The molecule has 1 saturated heterocycles. The molecule has 2 heterocycles. The Morgan fingerprint density at radius 3 is 2.78 bits per heavy atom. The molecule has 1 aliphatic rings. The first-order valence-corrected chi connectivity index (χ1v) is 5.64. The van der Waals surface area contributed by atoms with Crippen LogP contribution in [0, 0.1) is 6.92 Å². The average molecular weight is 292 g/mol. The second kappa shape index (κ2) is 7.56. The summed E-state index contributed by atoms with van der Waals surface area (Å²) >= 11 is 0. The number of hydrogen-bond acceptors (Lipinski definition) is 3. The summed E-state index contributed by atoms with van der Waals surface area (Å²) in [5, 5.41) is 3.27. The molecule has 1 fully saturated rings. The van der Waals surface area contributed by atoms with Gasteiger partial charge in [-0.2, -0.15) is 0 Å². The molecule has 1 aromatic rings. The van der Waals surface area contributed by atoms with Gasteiger partial charge in [0, 0.05) is 31.4 Å². The number of nitrogens with one attached hydrogen (secondary N) is 1. The van der Waals surface area contributed by atoms with Gasteiger partial charge in [0.1, 0.15) is 5.69 Å². The van der Waals surface area contributed by atoms with E-state index < -0.39 is 0 Å². The van der Waals surface area contributed by atoms with Crippen molar-refractivity contribution in [3.05, 3.63) is 29.6 Å².